The molecule has 8 heteroatoms. The van der Waals surface area contributed by atoms with E-state index in [2.05, 4.69) is 25.7 Å². The lowest BCUT2D eigenvalue weighted by Crippen LogP contribution is -2.27. The zero-order valence-electron chi connectivity index (χ0n) is 17.7. The highest BCUT2D eigenvalue weighted by Crippen LogP contribution is 2.19. The van der Waals surface area contributed by atoms with Crippen LogP contribution in [-0.2, 0) is 13.1 Å². The Hall–Kier alpha value is -4.33. The number of amides is 1. The average Bonchev–Trinajstić information content (AvgIpc) is 3.27. The lowest BCUT2D eigenvalue weighted by Gasteiger charge is -2.08. The number of benzene rings is 3. The quantitative estimate of drug-likeness (QED) is 0.397. The molecule has 5 aromatic rings. The van der Waals surface area contributed by atoms with Gasteiger partial charge in [0.15, 0.2) is 5.65 Å². The highest BCUT2D eigenvalue weighted by Gasteiger charge is 2.11. The minimum atomic E-state index is -0.267. The van der Waals surface area contributed by atoms with Crippen LogP contribution in [0.15, 0.2) is 79.3 Å². The van der Waals surface area contributed by atoms with Crippen LogP contribution in [0.25, 0.3) is 21.8 Å². The maximum absolute atomic E-state index is 13.1. The average molecular weight is 440 g/mol. The van der Waals surface area contributed by atoms with E-state index in [9.17, 15) is 9.18 Å². The molecular weight excluding hydrogens is 419 g/mol. The first kappa shape index (κ1) is 20.6. The first-order valence-corrected chi connectivity index (χ1v) is 10.6. The molecule has 1 amide bonds. The summed E-state index contributed by atoms with van der Waals surface area (Å²) in [4.78, 5) is 21.2. The maximum Gasteiger partial charge on any atom is 0.251 e. The van der Waals surface area contributed by atoms with Crippen molar-refractivity contribution in [3.8, 4) is 0 Å². The molecule has 0 saturated carbocycles. The van der Waals surface area contributed by atoms with E-state index < -0.39 is 0 Å². The molecule has 0 fully saturated rings. The Morgan fingerprint density at radius 2 is 1.79 bits per heavy atom. The van der Waals surface area contributed by atoms with Crippen molar-refractivity contribution in [2.75, 3.05) is 11.9 Å². The van der Waals surface area contributed by atoms with Crippen LogP contribution in [0.3, 0.4) is 0 Å². The number of hydrogen-bond donors (Lipinski definition) is 2. The zero-order valence-corrected chi connectivity index (χ0v) is 17.7. The molecule has 7 nitrogen and oxygen atoms in total. The van der Waals surface area contributed by atoms with Crippen molar-refractivity contribution in [2.24, 2.45) is 0 Å². The molecule has 0 spiro atoms. The highest BCUT2D eigenvalue weighted by atomic mass is 19.1. The Morgan fingerprint density at radius 3 is 2.64 bits per heavy atom. The Balaban J connectivity index is 1.23. The van der Waals surface area contributed by atoms with Crippen LogP contribution < -0.4 is 10.6 Å². The van der Waals surface area contributed by atoms with Gasteiger partial charge >= 0.3 is 0 Å². The van der Waals surface area contributed by atoms with Crippen LogP contribution in [0.1, 0.15) is 15.9 Å². The Morgan fingerprint density at radius 1 is 0.970 bits per heavy atom. The van der Waals surface area contributed by atoms with E-state index >= 15 is 0 Å². The summed E-state index contributed by atoms with van der Waals surface area (Å²) in [5.41, 5.74) is 2.23. The molecule has 2 N–H and O–H groups in total. The Kier molecular flexibility index (Phi) is 5.63. The van der Waals surface area contributed by atoms with Gasteiger partial charge in [-0.25, -0.2) is 19.0 Å². The van der Waals surface area contributed by atoms with Gasteiger partial charge in [-0.1, -0.05) is 42.5 Å². The number of hydrogen-bond acceptors (Lipinski definition) is 5. The van der Waals surface area contributed by atoms with Gasteiger partial charge in [0.05, 0.1) is 18.1 Å². The summed E-state index contributed by atoms with van der Waals surface area (Å²) in [5, 5.41) is 13.5. The number of nitrogens with zero attached hydrogens (tertiary/aromatic N) is 4. The Bertz CT molecular complexity index is 1430. The smallest absolute Gasteiger partial charge is 0.251 e. The van der Waals surface area contributed by atoms with Crippen molar-refractivity contribution in [1.82, 2.24) is 25.1 Å². The number of halogens is 1. The molecule has 33 heavy (non-hydrogen) atoms. The second kappa shape index (κ2) is 9.04. The van der Waals surface area contributed by atoms with E-state index in [-0.39, 0.29) is 11.7 Å². The van der Waals surface area contributed by atoms with E-state index in [1.165, 1.54) is 18.5 Å². The third kappa shape index (κ3) is 4.50. The second-order valence-corrected chi connectivity index (χ2v) is 7.63. The Labute approximate surface area is 189 Å². The summed E-state index contributed by atoms with van der Waals surface area (Å²) in [6.07, 6.45) is 3.18. The standard InChI is InChI=1S/C25H21FN6O/c26-21-9-5-17(6-10-21)14-28-23-22-15-31-32(24(22)30-16-29-23)12-11-27-25(33)20-8-7-18-3-1-2-4-19(18)13-20/h1-10,13,15-16H,11-12,14H2,(H,27,33)(H,28,29,30). The first-order valence-electron chi connectivity index (χ1n) is 10.6. The van der Waals surface area contributed by atoms with Gasteiger partial charge in [0.1, 0.15) is 18.0 Å². The number of nitrogens with one attached hydrogen (secondary N) is 2. The van der Waals surface area contributed by atoms with Gasteiger partial charge in [-0.3, -0.25) is 4.79 Å². The summed E-state index contributed by atoms with van der Waals surface area (Å²) < 4.78 is 14.8. The summed E-state index contributed by atoms with van der Waals surface area (Å²) in [6, 6.07) is 19.9. The van der Waals surface area contributed by atoms with Crippen molar-refractivity contribution >= 4 is 33.5 Å². The summed E-state index contributed by atoms with van der Waals surface area (Å²) >= 11 is 0. The van der Waals surface area contributed by atoms with Crippen LogP contribution in [0.5, 0.6) is 0 Å². The fraction of sp³-hybridized carbons (Fsp3) is 0.120. The SMILES string of the molecule is O=C(NCCn1ncc2c(NCc3ccc(F)cc3)ncnc21)c1ccc2ccccc2c1. The van der Waals surface area contributed by atoms with E-state index in [0.717, 1.165) is 21.7 Å². The summed E-state index contributed by atoms with van der Waals surface area (Å²) in [5.74, 6) is 0.251. The lowest BCUT2D eigenvalue weighted by atomic mass is 10.1. The minimum absolute atomic E-state index is 0.131. The van der Waals surface area contributed by atoms with Crippen LogP contribution >= 0.6 is 0 Å². The molecule has 0 atom stereocenters. The molecule has 0 aliphatic heterocycles. The number of carbonyl (C=O) groups excluding carboxylic acids is 1. The van der Waals surface area contributed by atoms with E-state index in [4.69, 9.17) is 0 Å². The lowest BCUT2D eigenvalue weighted by molar-refractivity contribution is 0.0952. The van der Waals surface area contributed by atoms with Gasteiger partial charge in [-0.2, -0.15) is 5.10 Å². The van der Waals surface area contributed by atoms with Crippen molar-refractivity contribution in [1.29, 1.82) is 0 Å². The van der Waals surface area contributed by atoms with Crippen LogP contribution in [0.4, 0.5) is 10.2 Å². The number of fused-ring (bicyclic) bond motifs is 2. The van der Waals surface area contributed by atoms with E-state index in [1.807, 2.05) is 42.5 Å². The molecule has 0 radical (unpaired) electrons. The normalized spacial score (nSPS) is 11.1. The van der Waals surface area contributed by atoms with Crippen LogP contribution in [0, 0.1) is 5.82 Å². The van der Waals surface area contributed by atoms with Gasteiger partial charge in [0, 0.05) is 18.7 Å². The second-order valence-electron chi connectivity index (χ2n) is 7.63. The predicted molar refractivity (Wildman–Crippen MR) is 125 cm³/mol. The van der Waals surface area contributed by atoms with Gasteiger partial charge in [0.25, 0.3) is 5.91 Å². The molecule has 0 unspecified atom stereocenters. The molecule has 0 bridgehead atoms. The third-order valence-electron chi connectivity index (χ3n) is 5.43. The van der Waals surface area contributed by atoms with Gasteiger partial charge in [0.2, 0.25) is 0 Å². The number of anilines is 1. The van der Waals surface area contributed by atoms with Crippen LogP contribution in [0.2, 0.25) is 0 Å². The molecule has 3 aromatic carbocycles. The molecule has 0 aliphatic rings. The zero-order chi connectivity index (χ0) is 22.6. The van der Waals surface area contributed by atoms with Gasteiger partial charge in [-0.15, -0.1) is 0 Å². The van der Waals surface area contributed by atoms with Crippen molar-refractivity contribution < 1.29 is 9.18 Å². The largest absolute Gasteiger partial charge is 0.365 e. The molecule has 5 rings (SSSR count). The first-order chi connectivity index (χ1) is 16.2. The van der Waals surface area contributed by atoms with Crippen molar-refractivity contribution in [3.05, 3.63) is 96.2 Å². The predicted octanol–water partition coefficient (Wildman–Crippen LogP) is 4.16. The number of carbonyl (C=O) groups is 1. The third-order valence-corrected chi connectivity index (χ3v) is 5.43. The molecule has 0 aliphatic carbocycles. The minimum Gasteiger partial charge on any atom is -0.365 e. The van der Waals surface area contributed by atoms with Gasteiger partial charge in [-0.05, 0) is 40.6 Å². The monoisotopic (exact) mass is 440 g/mol. The van der Waals surface area contributed by atoms with E-state index in [0.29, 0.717) is 36.7 Å². The molecule has 164 valence electrons. The highest BCUT2D eigenvalue weighted by molar-refractivity contribution is 5.98. The van der Waals surface area contributed by atoms with Gasteiger partial charge < -0.3 is 10.6 Å². The fourth-order valence-electron chi connectivity index (χ4n) is 3.69. The molecule has 0 saturated heterocycles. The summed E-state index contributed by atoms with van der Waals surface area (Å²) in [7, 11) is 0. The molecule has 2 heterocycles. The van der Waals surface area contributed by atoms with E-state index in [1.54, 1.807) is 23.0 Å². The fourth-order valence-corrected chi connectivity index (χ4v) is 3.69. The number of aromatic nitrogens is 4. The summed E-state index contributed by atoms with van der Waals surface area (Å²) in [6.45, 7) is 1.38. The van der Waals surface area contributed by atoms with Crippen LogP contribution in [-0.4, -0.2) is 32.2 Å². The van der Waals surface area contributed by atoms with Crippen molar-refractivity contribution in [3.63, 3.8) is 0 Å². The molecule has 2 aromatic heterocycles. The topological polar surface area (TPSA) is 84.7 Å². The van der Waals surface area contributed by atoms with Crippen molar-refractivity contribution in [2.45, 2.75) is 13.1 Å². The molecular formula is C25H21FN6O. The maximum atomic E-state index is 13.1. The number of rotatable bonds is 7.